The second kappa shape index (κ2) is 6.51. The third kappa shape index (κ3) is 2.36. The maximum Gasteiger partial charge on any atom is 0.256 e. The Morgan fingerprint density at radius 2 is 1.46 bits per heavy atom. The van der Waals surface area contributed by atoms with Crippen molar-refractivity contribution in [2.24, 2.45) is 17.8 Å². The Hall–Kier alpha value is -3.46. The summed E-state index contributed by atoms with van der Waals surface area (Å²) in [5.74, 6) is 4.91. The Balaban J connectivity index is 1.25. The van der Waals surface area contributed by atoms with E-state index in [4.69, 9.17) is 4.74 Å². The van der Waals surface area contributed by atoms with Crippen LogP contribution < -0.4 is 21.1 Å². The molecule has 1 aromatic heterocycles. The third-order valence-corrected chi connectivity index (χ3v) is 10.8. The van der Waals surface area contributed by atoms with E-state index >= 15 is 0 Å². The summed E-state index contributed by atoms with van der Waals surface area (Å²) in [5.41, 5.74) is 10.0. The lowest BCUT2D eigenvalue weighted by molar-refractivity contribution is -0.00516. The molecule has 37 heavy (non-hydrogen) atoms. The molecule has 5 aromatic rings. The van der Waals surface area contributed by atoms with Crippen molar-refractivity contribution in [1.29, 1.82) is 0 Å². The Morgan fingerprint density at radius 3 is 2.30 bits per heavy atom. The molecule has 4 aliphatic carbocycles. The van der Waals surface area contributed by atoms with Gasteiger partial charge in [0, 0.05) is 22.0 Å². The highest BCUT2D eigenvalue weighted by Crippen LogP contribution is 2.60. The zero-order chi connectivity index (χ0) is 23.9. The first-order valence-corrected chi connectivity index (χ1v) is 14.2. The monoisotopic (exact) mass is 477 g/mol. The molecule has 4 bridgehead atoms. The maximum atomic E-state index is 6.68. The van der Waals surface area contributed by atoms with E-state index in [1.807, 2.05) is 0 Å². The highest BCUT2D eigenvalue weighted by Gasteiger charge is 2.52. The second-order valence-electron chi connectivity index (χ2n) is 12.8. The standard InChI is InChI=1S/C34H28BNO/c1-2-8-28-24(5-1)25-6-3-7-26-33(25)36(28)29-9-4-10-31-32(29)35(26)27-16-23(11-12-30(27)37-31)34-17-20-13-21(18-34)15-22(14-20)19-34/h1-12,16,20-22H,13-15,17-19H2. The summed E-state index contributed by atoms with van der Waals surface area (Å²) in [6.07, 6.45) is 8.65. The van der Waals surface area contributed by atoms with Crippen molar-refractivity contribution < 1.29 is 4.74 Å². The van der Waals surface area contributed by atoms with Crippen LogP contribution in [0.2, 0.25) is 0 Å². The van der Waals surface area contributed by atoms with Crippen LogP contribution in [0.4, 0.5) is 0 Å². The summed E-state index contributed by atoms with van der Waals surface area (Å²) < 4.78 is 9.18. The van der Waals surface area contributed by atoms with Crippen LogP contribution in [0.15, 0.2) is 78.9 Å². The molecule has 3 heterocycles. The predicted octanol–water partition coefficient (Wildman–Crippen LogP) is 6.19. The van der Waals surface area contributed by atoms with Crippen LogP contribution in [-0.2, 0) is 5.41 Å². The number of aromatic nitrogens is 1. The Kier molecular flexibility index (Phi) is 3.45. The summed E-state index contributed by atoms with van der Waals surface area (Å²) >= 11 is 0. The SMILES string of the molecule is c1cc2c3c(c1)-n1c4ccccc4c4cccc(c41)B3c1cc(C34CC5CC(CC(C5)C3)C4)ccc1O2. The van der Waals surface area contributed by atoms with Gasteiger partial charge in [-0.15, -0.1) is 0 Å². The van der Waals surface area contributed by atoms with E-state index in [0.717, 1.165) is 29.3 Å². The van der Waals surface area contributed by atoms with Crippen LogP contribution in [0.1, 0.15) is 44.1 Å². The first-order chi connectivity index (χ1) is 18.3. The number of hydrogen-bond acceptors (Lipinski definition) is 1. The van der Waals surface area contributed by atoms with Crippen molar-refractivity contribution in [3.63, 3.8) is 0 Å². The largest absolute Gasteiger partial charge is 0.458 e. The molecule has 0 amide bonds. The topological polar surface area (TPSA) is 14.2 Å². The molecule has 11 rings (SSSR count). The van der Waals surface area contributed by atoms with Gasteiger partial charge in [0.05, 0.1) is 5.52 Å². The summed E-state index contributed by atoms with van der Waals surface area (Å²) in [6, 6.07) is 29.8. The van der Waals surface area contributed by atoms with E-state index in [0.29, 0.717) is 5.41 Å². The second-order valence-corrected chi connectivity index (χ2v) is 12.8. The number of hydrogen-bond donors (Lipinski definition) is 0. The van der Waals surface area contributed by atoms with Crippen molar-refractivity contribution >= 4 is 44.9 Å². The molecule has 4 saturated carbocycles. The number of para-hydroxylation sites is 2. The number of ether oxygens (including phenoxy) is 1. The van der Waals surface area contributed by atoms with E-state index in [-0.39, 0.29) is 6.71 Å². The predicted molar refractivity (Wildman–Crippen MR) is 152 cm³/mol. The van der Waals surface area contributed by atoms with Gasteiger partial charge in [0.1, 0.15) is 11.5 Å². The molecule has 2 nitrogen and oxygen atoms in total. The van der Waals surface area contributed by atoms with Gasteiger partial charge < -0.3 is 9.30 Å². The molecule has 0 atom stereocenters. The molecular weight excluding hydrogens is 449 g/mol. The maximum absolute atomic E-state index is 6.68. The number of rotatable bonds is 1. The molecule has 3 heteroatoms. The molecule has 0 spiro atoms. The fourth-order valence-electron chi connectivity index (χ4n) is 9.89. The molecule has 0 radical (unpaired) electrons. The number of fused-ring (bicyclic) bond motifs is 7. The quantitative estimate of drug-likeness (QED) is 0.257. The Bertz CT molecular complexity index is 1780. The number of benzene rings is 4. The lowest BCUT2D eigenvalue weighted by atomic mass is 9.34. The van der Waals surface area contributed by atoms with E-state index < -0.39 is 0 Å². The van der Waals surface area contributed by atoms with Crippen LogP contribution >= 0.6 is 0 Å². The fourth-order valence-corrected chi connectivity index (χ4v) is 9.89. The smallest absolute Gasteiger partial charge is 0.256 e. The van der Waals surface area contributed by atoms with Gasteiger partial charge in [0.15, 0.2) is 0 Å². The lowest BCUT2D eigenvalue weighted by Gasteiger charge is -2.57. The van der Waals surface area contributed by atoms with Gasteiger partial charge in [0.25, 0.3) is 6.71 Å². The van der Waals surface area contributed by atoms with E-state index in [9.17, 15) is 0 Å². The molecule has 4 aromatic carbocycles. The van der Waals surface area contributed by atoms with Gasteiger partial charge in [-0.3, -0.25) is 0 Å². The molecule has 178 valence electrons. The van der Waals surface area contributed by atoms with E-state index in [2.05, 4.69) is 83.4 Å². The summed E-state index contributed by atoms with van der Waals surface area (Å²) in [4.78, 5) is 0. The first-order valence-electron chi connectivity index (χ1n) is 14.2. The van der Waals surface area contributed by atoms with E-state index in [1.54, 1.807) is 5.56 Å². The van der Waals surface area contributed by atoms with Gasteiger partial charge in [0.2, 0.25) is 0 Å². The minimum absolute atomic E-state index is 0.212. The molecule has 4 fully saturated rings. The van der Waals surface area contributed by atoms with Gasteiger partial charge in [-0.25, -0.2) is 0 Å². The Morgan fingerprint density at radius 1 is 0.703 bits per heavy atom. The highest BCUT2D eigenvalue weighted by atomic mass is 16.5. The van der Waals surface area contributed by atoms with E-state index in [1.165, 1.54) is 82.4 Å². The average Bonchev–Trinajstić information content (AvgIpc) is 3.25. The minimum Gasteiger partial charge on any atom is -0.458 e. The molecule has 0 N–H and O–H groups in total. The third-order valence-electron chi connectivity index (χ3n) is 10.8. The molecular formula is C34H28BNO. The molecule has 6 aliphatic rings. The van der Waals surface area contributed by atoms with Gasteiger partial charge in [-0.2, -0.15) is 0 Å². The minimum atomic E-state index is 0.212. The average molecular weight is 477 g/mol. The first kappa shape index (κ1) is 19.6. The Labute approximate surface area is 217 Å². The summed E-state index contributed by atoms with van der Waals surface area (Å²) in [6.45, 7) is 0.212. The van der Waals surface area contributed by atoms with Crippen molar-refractivity contribution in [1.82, 2.24) is 4.57 Å². The molecule has 0 unspecified atom stereocenters. The highest BCUT2D eigenvalue weighted by molar-refractivity contribution is 6.99. The van der Waals surface area contributed by atoms with Crippen LogP contribution in [-0.4, -0.2) is 11.3 Å². The van der Waals surface area contributed by atoms with Gasteiger partial charge >= 0.3 is 0 Å². The van der Waals surface area contributed by atoms with Crippen LogP contribution in [0.3, 0.4) is 0 Å². The lowest BCUT2D eigenvalue weighted by Crippen LogP contribution is -2.58. The number of nitrogens with zero attached hydrogens (tertiary/aromatic N) is 1. The van der Waals surface area contributed by atoms with Crippen LogP contribution in [0, 0.1) is 17.8 Å². The van der Waals surface area contributed by atoms with Crippen molar-refractivity contribution in [2.45, 2.75) is 43.9 Å². The molecule has 2 aliphatic heterocycles. The van der Waals surface area contributed by atoms with Crippen molar-refractivity contribution in [3.05, 3.63) is 84.4 Å². The summed E-state index contributed by atoms with van der Waals surface area (Å²) in [5, 5.41) is 2.69. The van der Waals surface area contributed by atoms with Crippen LogP contribution in [0.5, 0.6) is 11.5 Å². The van der Waals surface area contributed by atoms with Gasteiger partial charge in [-0.1, -0.05) is 54.6 Å². The van der Waals surface area contributed by atoms with Crippen LogP contribution in [0.25, 0.3) is 27.5 Å². The van der Waals surface area contributed by atoms with Crippen molar-refractivity contribution in [2.75, 3.05) is 0 Å². The zero-order valence-electron chi connectivity index (χ0n) is 20.9. The molecule has 0 saturated heterocycles. The normalized spacial score (nSPS) is 27.9. The fraction of sp³-hybridized carbons (Fsp3) is 0.294. The van der Waals surface area contributed by atoms with Gasteiger partial charge in [-0.05, 0) is 108 Å². The zero-order valence-corrected chi connectivity index (χ0v) is 20.9. The summed E-state index contributed by atoms with van der Waals surface area (Å²) in [7, 11) is 0. The van der Waals surface area contributed by atoms with Crippen molar-refractivity contribution in [3.8, 4) is 17.2 Å².